The Balaban J connectivity index is 1.75. The molecule has 0 saturated heterocycles. The molecule has 0 atom stereocenters. The molecule has 0 saturated carbocycles. The third-order valence-electron chi connectivity index (χ3n) is 4.55. The van der Waals surface area contributed by atoms with E-state index in [4.69, 9.17) is 12.2 Å². The van der Waals surface area contributed by atoms with Crippen LogP contribution in [-0.4, -0.2) is 45.1 Å². The van der Waals surface area contributed by atoms with Crippen molar-refractivity contribution in [2.45, 2.75) is 0 Å². The van der Waals surface area contributed by atoms with E-state index in [0.717, 1.165) is 10.6 Å². The first-order chi connectivity index (χ1) is 15.0. The van der Waals surface area contributed by atoms with Gasteiger partial charge in [0.25, 0.3) is 5.91 Å². The third-order valence-corrected chi connectivity index (χ3v) is 5.53. The number of nitrogens with two attached hydrogens (primary N) is 1. The highest BCUT2D eigenvalue weighted by Crippen LogP contribution is 2.33. The fourth-order valence-electron chi connectivity index (χ4n) is 2.98. The molecule has 0 fully saturated rings. The molecule has 0 radical (unpaired) electrons. The van der Waals surface area contributed by atoms with Crippen LogP contribution in [0.15, 0.2) is 54.7 Å². The third kappa shape index (κ3) is 3.99. The van der Waals surface area contributed by atoms with Gasteiger partial charge in [0.1, 0.15) is 10.7 Å². The summed E-state index contributed by atoms with van der Waals surface area (Å²) in [5.41, 5.74) is 9.75. The molecule has 0 unspecified atom stereocenters. The van der Waals surface area contributed by atoms with E-state index >= 15 is 0 Å². The maximum Gasteiger partial charge on any atom is 0.253 e. The molecule has 1 amide bonds. The number of nitrogen functional groups attached to an aromatic ring is 1. The van der Waals surface area contributed by atoms with E-state index in [1.165, 1.54) is 16.2 Å². The number of nitrogens with zero attached hydrogens (tertiary/aromatic N) is 5. The molecule has 0 aliphatic carbocycles. The summed E-state index contributed by atoms with van der Waals surface area (Å²) in [7, 11) is 3.38. The van der Waals surface area contributed by atoms with Crippen LogP contribution in [0.4, 0.5) is 5.82 Å². The minimum absolute atomic E-state index is 0.130. The van der Waals surface area contributed by atoms with Crippen LogP contribution in [0, 0.1) is 12.3 Å². The molecule has 152 valence electrons. The van der Waals surface area contributed by atoms with Crippen molar-refractivity contribution in [3.63, 3.8) is 0 Å². The molecule has 2 aromatic heterocycles. The van der Waals surface area contributed by atoms with Crippen LogP contribution in [0.2, 0.25) is 0 Å². The largest absolute Gasteiger partial charge is 0.382 e. The van der Waals surface area contributed by atoms with Gasteiger partial charge in [-0.05, 0) is 12.1 Å². The highest BCUT2D eigenvalue weighted by atomic mass is 32.1. The lowest BCUT2D eigenvalue weighted by Gasteiger charge is -2.12. The normalized spacial score (nSPS) is 10.5. The van der Waals surface area contributed by atoms with E-state index in [1.54, 1.807) is 38.5 Å². The number of hydrogen-bond donors (Lipinski definition) is 1. The van der Waals surface area contributed by atoms with Crippen molar-refractivity contribution in [3.8, 4) is 44.9 Å². The number of carbonyl (C=O) groups excluding carboxylic acids is 1. The van der Waals surface area contributed by atoms with E-state index in [2.05, 4.69) is 26.1 Å². The lowest BCUT2D eigenvalue weighted by Crippen LogP contribution is -2.21. The number of aromatic nitrogens is 4. The summed E-state index contributed by atoms with van der Waals surface area (Å²) in [5, 5.41) is 9.84. The van der Waals surface area contributed by atoms with Crippen LogP contribution in [-0.2, 0) is 0 Å². The summed E-state index contributed by atoms with van der Waals surface area (Å²) in [4.78, 5) is 22.7. The Bertz CT molecular complexity index is 1310. The predicted molar refractivity (Wildman–Crippen MR) is 122 cm³/mol. The van der Waals surface area contributed by atoms with Gasteiger partial charge in [-0.15, -0.1) is 16.6 Å². The second-order valence-corrected chi connectivity index (χ2v) is 7.85. The fraction of sp³-hybridized carbons (Fsp3) is 0.0870. The first-order valence-corrected chi connectivity index (χ1v) is 10.1. The molecule has 4 rings (SSSR count). The zero-order valence-electron chi connectivity index (χ0n) is 16.9. The van der Waals surface area contributed by atoms with Gasteiger partial charge in [0.2, 0.25) is 0 Å². The van der Waals surface area contributed by atoms with Crippen LogP contribution in [0.1, 0.15) is 15.9 Å². The van der Waals surface area contributed by atoms with Crippen molar-refractivity contribution >= 4 is 23.1 Å². The van der Waals surface area contributed by atoms with E-state index < -0.39 is 0 Å². The molecule has 31 heavy (non-hydrogen) atoms. The summed E-state index contributed by atoms with van der Waals surface area (Å²) >= 11 is 1.38. The minimum atomic E-state index is -0.130. The molecule has 0 aliphatic rings. The van der Waals surface area contributed by atoms with Gasteiger partial charge in [-0.1, -0.05) is 53.7 Å². The first kappa shape index (κ1) is 20.2. The minimum Gasteiger partial charge on any atom is -0.382 e. The smallest absolute Gasteiger partial charge is 0.253 e. The second-order valence-electron chi connectivity index (χ2n) is 6.87. The molecule has 0 spiro atoms. The van der Waals surface area contributed by atoms with Crippen molar-refractivity contribution < 1.29 is 4.79 Å². The predicted octanol–water partition coefficient (Wildman–Crippen LogP) is 3.59. The first-order valence-electron chi connectivity index (χ1n) is 9.32. The zero-order valence-corrected chi connectivity index (χ0v) is 17.7. The Hall–Kier alpha value is -4.09. The Morgan fingerprint density at radius 1 is 1.10 bits per heavy atom. The number of anilines is 1. The van der Waals surface area contributed by atoms with Gasteiger partial charge in [0.05, 0.1) is 11.9 Å². The summed E-state index contributed by atoms with van der Waals surface area (Å²) in [6, 6.07) is 14.9. The molecule has 7 nitrogen and oxygen atoms in total. The summed E-state index contributed by atoms with van der Waals surface area (Å²) < 4.78 is 0. The van der Waals surface area contributed by atoms with Crippen molar-refractivity contribution in [1.82, 2.24) is 25.1 Å². The van der Waals surface area contributed by atoms with Gasteiger partial charge in [-0.25, -0.2) is 9.97 Å². The molecule has 2 heterocycles. The Morgan fingerprint density at radius 3 is 2.55 bits per heavy atom. The topological polar surface area (TPSA) is 97.9 Å². The average Bonchev–Trinajstić information content (AvgIpc) is 3.29. The lowest BCUT2D eigenvalue weighted by molar-refractivity contribution is 0.0827. The van der Waals surface area contributed by atoms with Crippen LogP contribution in [0.25, 0.3) is 32.5 Å². The molecular formula is C23H18N6OS. The molecule has 0 bridgehead atoms. The van der Waals surface area contributed by atoms with Gasteiger partial charge in [0.15, 0.2) is 10.8 Å². The van der Waals surface area contributed by atoms with Crippen molar-refractivity contribution in [2.24, 2.45) is 0 Å². The zero-order chi connectivity index (χ0) is 22.0. The maximum atomic E-state index is 12.3. The number of benzene rings is 2. The summed E-state index contributed by atoms with van der Waals surface area (Å²) in [5.74, 6) is 2.75. The SMILES string of the molecule is C#Cc1cc(C(=O)N(C)C)ccc1-c1cnc(N)c(-c2nnc(-c3ccccc3)s2)n1. The second kappa shape index (κ2) is 8.34. The van der Waals surface area contributed by atoms with E-state index in [9.17, 15) is 4.79 Å². The van der Waals surface area contributed by atoms with Crippen LogP contribution >= 0.6 is 11.3 Å². The Labute approximate surface area is 183 Å². The molecule has 2 aromatic carbocycles. The maximum absolute atomic E-state index is 12.3. The highest BCUT2D eigenvalue weighted by molar-refractivity contribution is 7.17. The van der Waals surface area contributed by atoms with E-state index in [1.807, 2.05) is 30.3 Å². The molecule has 8 heteroatoms. The lowest BCUT2D eigenvalue weighted by atomic mass is 10.0. The van der Waals surface area contributed by atoms with Gasteiger partial charge in [-0.2, -0.15) is 0 Å². The van der Waals surface area contributed by atoms with E-state index in [-0.39, 0.29) is 11.7 Å². The fourth-order valence-corrected chi connectivity index (χ4v) is 3.83. The molecular weight excluding hydrogens is 408 g/mol. The highest BCUT2D eigenvalue weighted by Gasteiger charge is 2.17. The van der Waals surface area contributed by atoms with Crippen LogP contribution in [0.3, 0.4) is 0 Å². The van der Waals surface area contributed by atoms with Crippen molar-refractivity contribution in [2.75, 3.05) is 19.8 Å². The van der Waals surface area contributed by atoms with Gasteiger partial charge < -0.3 is 10.6 Å². The van der Waals surface area contributed by atoms with Crippen LogP contribution < -0.4 is 5.73 Å². The molecule has 4 aromatic rings. The molecule has 2 N–H and O–H groups in total. The van der Waals surface area contributed by atoms with Gasteiger partial charge >= 0.3 is 0 Å². The summed E-state index contributed by atoms with van der Waals surface area (Å²) in [6.45, 7) is 0. The summed E-state index contributed by atoms with van der Waals surface area (Å²) in [6.07, 6.45) is 7.27. The Morgan fingerprint density at radius 2 is 1.84 bits per heavy atom. The number of hydrogen-bond acceptors (Lipinski definition) is 7. The molecule has 0 aliphatic heterocycles. The Kier molecular flexibility index (Phi) is 5.43. The van der Waals surface area contributed by atoms with Crippen LogP contribution in [0.5, 0.6) is 0 Å². The number of carbonyl (C=O) groups is 1. The quantitative estimate of drug-likeness (QED) is 0.501. The van der Waals surface area contributed by atoms with Gasteiger partial charge in [0, 0.05) is 36.3 Å². The standard InChI is InChI=1S/C23H18N6OS/c1-4-14-12-16(23(30)29(2)3)10-11-17(14)18-13-25-20(24)19(26-18)22-28-27-21(31-22)15-8-6-5-7-9-15/h1,5-13H,2-3H3,(H2,24,25). The number of terminal acetylenes is 1. The number of rotatable bonds is 4. The van der Waals surface area contributed by atoms with E-state index in [0.29, 0.717) is 33.1 Å². The average molecular weight is 427 g/mol. The number of amides is 1. The van der Waals surface area contributed by atoms with Crippen molar-refractivity contribution in [3.05, 3.63) is 65.9 Å². The monoisotopic (exact) mass is 426 g/mol. The van der Waals surface area contributed by atoms with Crippen molar-refractivity contribution in [1.29, 1.82) is 0 Å². The van der Waals surface area contributed by atoms with Gasteiger partial charge in [-0.3, -0.25) is 4.79 Å².